The second kappa shape index (κ2) is 9.42. The Kier molecular flexibility index (Phi) is 6.45. The van der Waals surface area contributed by atoms with E-state index in [-0.39, 0.29) is 17.6 Å². The number of benzene rings is 2. The van der Waals surface area contributed by atoms with E-state index in [4.69, 9.17) is 0 Å². The second-order valence-electron chi connectivity index (χ2n) is 8.67. The van der Waals surface area contributed by atoms with Crippen molar-refractivity contribution in [3.8, 4) is 0 Å². The highest BCUT2D eigenvalue weighted by Crippen LogP contribution is 2.26. The van der Waals surface area contributed by atoms with Crippen LogP contribution < -0.4 is 0 Å². The molecule has 0 bridgehead atoms. The number of amides is 1. The largest absolute Gasteiger partial charge is 0.342 e. The fourth-order valence-electron chi connectivity index (χ4n) is 4.31. The van der Waals surface area contributed by atoms with E-state index in [2.05, 4.69) is 49.2 Å². The van der Waals surface area contributed by atoms with Crippen molar-refractivity contribution in [3.63, 3.8) is 0 Å². The lowest BCUT2D eigenvalue weighted by atomic mass is 9.93. The van der Waals surface area contributed by atoms with E-state index in [0.717, 1.165) is 48.3 Å². The topological polar surface area (TPSA) is 33.2 Å². The molecule has 0 saturated carbocycles. The zero-order valence-corrected chi connectivity index (χ0v) is 18.3. The van der Waals surface area contributed by atoms with E-state index in [1.807, 2.05) is 17.2 Å². The van der Waals surface area contributed by atoms with Gasteiger partial charge in [0.25, 0.3) is 0 Å². The van der Waals surface area contributed by atoms with Crippen LogP contribution in [0.4, 0.5) is 4.39 Å². The van der Waals surface area contributed by atoms with Crippen LogP contribution in [0, 0.1) is 19.7 Å². The molecule has 1 saturated heterocycles. The molecule has 3 aromatic rings. The highest BCUT2D eigenvalue weighted by Gasteiger charge is 2.25. The van der Waals surface area contributed by atoms with Gasteiger partial charge in [-0.15, -0.1) is 0 Å². The van der Waals surface area contributed by atoms with E-state index in [0.29, 0.717) is 12.8 Å². The molecule has 1 unspecified atom stereocenters. The summed E-state index contributed by atoms with van der Waals surface area (Å²) in [6.07, 6.45) is 5.04. The van der Waals surface area contributed by atoms with E-state index < -0.39 is 0 Å². The molecule has 1 aliphatic heterocycles. The summed E-state index contributed by atoms with van der Waals surface area (Å²) in [6, 6.07) is 17.1. The summed E-state index contributed by atoms with van der Waals surface area (Å²) in [5, 5.41) is 0. The minimum Gasteiger partial charge on any atom is -0.342 e. The predicted octanol–water partition coefficient (Wildman–Crippen LogP) is 5.38. The number of aryl methyl sites for hydroxylation is 2. The van der Waals surface area contributed by atoms with Crippen LogP contribution >= 0.6 is 0 Å². The van der Waals surface area contributed by atoms with Crippen molar-refractivity contribution in [1.29, 1.82) is 0 Å². The molecular formula is C27H29FN2O. The number of piperidine rings is 1. The Hall–Kier alpha value is -3.01. The molecule has 1 aromatic heterocycles. The molecule has 1 atom stereocenters. The molecule has 4 rings (SSSR count). The van der Waals surface area contributed by atoms with E-state index >= 15 is 0 Å². The molecule has 160 valence electrons. The molecule has 0 spiro atoms. The Morgan fingerprint density at radius 3 is 2.61 bits per heavy atom. The molecule has 1 fully saturated rings. The Balaban J connectivity index is 1.38. The van der Waals surface area contributed by atoms with Crippen LogP contribution in [0.3, 0.4) is 0 Å². The molecule has 4 heteroatoms. The third-order valence-electron chi connectivity index (χ3n) is 6.26. The van der Waals surface area contributed by atoms with Crippen molar-refractivity contribution in [1.82, 2.24) is 9.88 Å². The predicted molar refractivity (Wildman–Crippen MR) is 122 cm³/mol. The second-order valence-corrected chi connectivity index (χ2v) is 8.67. The zero-order chi connectivity index (χ0) is 21.8. The smallest absolute Gasteiger partial charge is 0.227 e. The normalized spacial score (nSPS) is 16.4. The van der Waals surface area contributed by atoms with Gasteiger partial charge in [0.1, 0.15) is 5.82 Å². The molecule has 0 aliphatic carbocycles. The SMILES string of the molecule is Cc1ccc(CC(=O)N2CCCC(c3ccc(Cc4cccc(F)c4)cn3)C2)cc1C. The number of nitrogens with zero attached hydrogens (tertiary/aromatic N) is 2. The van der Waals surface area contributed by atoms with Gasteiger partial charge in [-0.1, -0.05) is 36.4 Å². The van der Waals surface area contributed by atoms with Crippen LogP contribution in [0.25, 0.3) is 0 Å². The highest BCUT2D eigenvalue weighted by molar-refractivity contribution is 5.79. The van der Waals surface area contributed by atoms with Gasteiger partial charge in [0.15, 0.2) is 0 Å². The summed E-state index contributed by atoms with van der Waals surface area (Å²) in [4.78, 5) is 19.6. The fraction of sp³-hybridized carbons (Fsp3) is 0.333. The van der Waals surface area contributed by atoms with Crippen molar-refractivity contribution in [2.45, 2.75) is 45.4 Å². The van der Waals surface area contributed by atoms with Crippen molar-refractivity contribution < 1.29 is 9.18 Å². The van der Waals surface area contributed by atoms with Crippen LogP contribution in [0.15, 0.2) is 60.8 Å². The number of likely N-dealkylation sites (tertiary alicyclic amines) is 1. The molecule has 1 amide bonds. The number of hydrogen-bond acceptors (Lipinski definition) is 2. The molecular weight excluding hydrogens is 387 g/mol. The van der Waals surface area contributed by atoms with Gasteiger partial charge in [-0.05, 0) is 79.1 Å². The first kappa shape index (κ1) is 21.2. The zero-order valence-electron chi connectivity index (χ0n) is 18.3. The number of carbonyl (C=O) groups is 1. The number of hydrogen-bond donors (Lipinski definition) is 0. The van der Waals surface area contributed by atoms with Crippen LogP contribution in [0.5, 0.6) is 0 Å². The first-order valence-corrected chi connectivity index (χ1v) is 11.0. The highest BCUT2D eigenvalue weighted by atomic mass is 19.1. The number of carbonyl (C=O) groups excluding carboxylic acids is 1. The van der Waals surface area contributed by atoms with Crippen molar-refractivity contribution >= 4 is 5.91 Å². The molecule has 2 aromatic carbocycles. The van der Waals surface area contributed by atoms with Gasteiger partial charge in [-0.2, -0.15) is 0 Å². The summed E-state index contributed by atoms with van der Waals surface area (Å²) in [6.45, 7) is 5.72. The minimum absolute atomic E-state index is 0.190. The van der Waals surface area contributed by atoms with Crippen molar-refractivity contribution in [3.05, 3.63) is 100 Å². The molecule has 3 nitrogen and oxygen atoms in total. The lowest BCUT2D eigenvalue weighted by Crippen LogP contribution is -2.40. The van der Waals surface area contributed by atoms with Gasteiger partial charge < -0.3 is 4.90 Å². The third-order valence-corrected chi connectivity index (χ3v) is 6.26. The Labute approximate surface area is 183 Å². The molecule has 31 heavy (non-hydrogen) atoms. The molecule has 0 N–H and O–H groups in total. The first-order chi connectivity index (χ1) is 15.0. The van der Waals surface area contributed by atoms with E-state index in [1.165, 1.54) is 17.2 Å². The van der Waals surface area contributed by atoms with Gasteiger partial charge >= 0.3 is 0 Å². The summed E-state index contributed by atoms with van der Waals surface area (Å²) >= 11 is 0. The van der Waals surface area contributed by atoms with Gasteiger partial charge in [0, 0.05) is 30.9 Å². The summed E-state index contributed by atoms with van der Waals surface area (Å²) in [5.74, 6) is 0.242. The van der Waals surface area contributed by atoms with Gasteiger partial charge in [0.2, 0.25) is 5.91 Å². The maximum absolute atomic E-state index is 13.4. The van der Waals surface area contributed by atoms with Crippen molar-refractivity contribution in [2.24, 2.45) is 0 Å². The standard InChI is InChI=1S/C27H29FN2O/c1-19-8-9-22(13-20(19)2)16-27(31)30-12-4-6-24(18-30)26-11-10-23(17-29-26)14-21-5-3-7-25(28)15-21/h3,5,7-11,13,15,17,24H,4,6,12,14,16,18H2,1-2H3. The lowest BCUT2D eigenvalue weighted by Gasteiger charge is -2.32. The van der Waals surface area contributed by atoms with E-state index in [9.17, 15) is 9.18 Å². The van der Waals surface area contributed by atoms with Crippen LogP contribution in [0.2, 0.25) is 0 Å². The van der Waals surface area contributed by atoms with Gasteiger partial charge in [-0.3, -0.25) is 9.78 Å². The minimum atomic E-state index is -0.213. The number of aromatic nitrogens is 1. The lowest BCUT2D eigenvalue weighted by molar-refractivity contribution is -0.131. The first-order valence-electron chi connectivity index (χ1n) is 11.0. The van der Waals surface area contributed by atoms with Crippen LogP contribution in [-0.2, 0) is 17.6 Å². The van der Waals surface area contributed by atoms with Crippen LogP contribution in [0.1, 0.15) is 52.3 Å². The Bertz CT molecular complexity index is 1060. The fourth-order valence-corrected chi connectivity index (χ4v) is 4.31. The molecule has 1 aliphatic rings. The van der Waals surface area contributed by atoms with E-state index in [1.54, 1.807) is 12.1 Å². The molecule has 0 radical (unpaired) electrons. The third kappa shape index (κ3) is 5.38. The average molecular weight is 417 g/mol. The van der Waals surface area contributed by atoms with Crippen molar-refractivity contribution in [2.75, 3.05) is 13.1 Å². The molecule has 2 heterocycles. The number of halogens is 1. The van der Waals surface area contributed by atoms with Gasteiger partial charge in [-0.25, -0.2) is 4.39 Å². The number of pyridine rings is 1. The Morgan fingerprint density at radius 2 is 1.87 bits per heavy atom. The van der Waals surface area contributed by atoms with Gasteiger partial charge in [0.05, 0.1) is 6.42 Å². The maximum atomic E-state index is 13.4. The Morgan fingerprint density at radius 1 is 1.03 bits per heavy atom. The summed E-state index contributed by atoms with van der Waals surface area (Å²) in [5.41, 5.74) is 6.59. The summed E-state index contributed by atoms with van der Waals surface area (Å²) in [7, 11) is 0. The monoisotopic (exact) mass is 416 g/mol. The average Bonchev–Trinajstić information content (AvgIpc) is 2.77. The quantitative estimate of drug-likeness (QED) is 0.560. The number of rotatable bonds is 5. The van der Waals surface area contributed by atoms with Crippen LogP contribution in [-0.4, -0.2) is 28.9 Å². The summed E-state index contributed by atoms with van der Waals surface area (Å²) < 4.78 is 13.4. The maximum Gasteiger partial charge on any atom is 0.227 e.